The highest BCUT2D eigenvalue weighted by atomic mass is 35.5. The van der Waals surface area contributed by atoms with E-state index >= 15 is 0 Å². The van der Waals surface area contributed by atoms with Gasteiger partial charge in [0.05, 0.1) is 13.2 Å². The van der Waals surface area contributed by atoms with E-state index in [2.05, 4.69) is 16.0 Å². The van der Waals surface area contributed by atoms with E-state index in [4.69, 9.17) is 4.74 Å². The van der Waals surface area contributed by atoms with Crippen molar-refractivity contribution >= 4 is 24.2 Å². The summed E-state index contributed by atoms with van der Waals surface area (Å²) in [6.07, 6.45) is 3.09. The lowest BCUT2D eigenvalue weighted by molar-refractivity contribution is -0.123. The molecule has 1 aromatic rings. The smallest absolute Gasteiger partial charge is 0.251 e. The molecule has 0 aromatic heterocycles. The van der Waals surface area contributed by atoms with E-state index in [9.17, 15) is 9.59 Å². The summed E-state index contributed by atoms with van der Waals surface area (Å²) in [5.74, 6) is 0.565. The lowest BCUT2D eigenvalue weighted by atomic mass is 10.0. The van der Waals surface area contributed by atoms with Crippen molar-refractivity contribution in [3.8, 4) is 5.75 Å². The van der Waals surface area contributed by atoms with Crippen LogP contribution in [-0.4, -0.2) is 44.6 Å². The Kier molecular flexibility index (Phi) is 8.43. The van der Waals surface area contributed by atoms with Crippen molar-refractivity contribution in [2.75, 3.05) is 26.7 Å². The monoisotopic (exact) mass is 341 g/mol. The summed E-state index contributed by atoms with van der Waals surface area (Å²) in [7, 11) is 1.58. The van der Waals surface area contributed by atoms with Crippen LogP contribution in [0.25, 0.3) is 0 Å². The number of halogens is 1. The van der Waals surface area contributed by atoms with Gasteiger partial charge in [-0.1, -0.05) is 6.42 Å². The van der Waals surface area contributed by atoms with Crippen LogP contribution < -0.4 is 20.7 Å². The fourth-order valence-corrected chi connectivity index (χ4v) is 2.40. The van der Waals surface area contributed by atoms with Crippen LogP contribution >= 0.6 is 12.4 Å². The van der Waals surface area contributed by atoms with Crippen LogP contribution in [0.1, 0.15) is 29.6 Å². The van der Waals surface area contributed by atoms with Crippen molar-refractivity contribution < 1.29 is 14.3 Å². The summed E-state index contributed by atoms with van der Waals surface area (Å²) < 4.78 is 5.05. The topological polar surface area (TPSA) is 79.5 Å². The Labute approximate surface area is 142 Å². The third-order valence-corrected chi connectivity index (χ3v) is 3.69. The fraction of sp³-hybridized carbons (Fsp3) is 0.500. The highest BCUT2D eigenvalue weighted by molar-refractivity contribution is 5.94. The average Bonchev–Trinajstić information content (AvgIpc) is 2.59. The van der Waals surface area contributed by atoms with Crippen LogP contribution in [0.3, 0.4) is 0 Å². The molecular weight excluding hydrogens is 318 g/mol. The second-order valence-corrected chi connectivity index (χ2v) is 5.28. The van der Waals surface area contributed by atoms with E-state index in [1.807, 2.05) is 0 Å². The van der Waals surface area contributed by atoms with E-state index in [-0.39, 0.29) is 30.3 Å². The summed E-state index contributed by atoms with van der Waals surface area (Å²) >= 11 is 0. The number of methoxy groups -OCH3 is 1. The average molecular weight is 342 g/mol. The number of hydrogen-bond donors (Lipinski definition) is 3. The van der Waals surface area contributed by atoms with E-state index in [1.54, 1.807) is 31.4 Å². The maximum absolute atomic E-state index is 11.9. The normalized spacial score (nSPS) is 16.8. The van der Waals surface area contributed by atoms with Gasteiger partial charge in [0.15, 0.2) is 0 Å². The van der Waals surface area contributed by atoms with Crippen molar-refractivity contribution in [1.82, 2.24) is 16.0 Å². The second-order valence-electron chi connectivity index (χ2n) is 5.28. The molecule has 23 heavy (non-hydrogen) atoms. The predicted molar refractivity (Wildman–Crippen MR) is 91.2 cm³/mol. The molecule has 128 valence electrons. The van der Waals surface area contributed by atoms with Gasteiger partial charge in [-0.25, -0.2) is 0 Å². The maximum atomic E-state index is 11.9. The number of rotatable bonds is 6. The quantitative estimate of drug-likeness (QED) is 0.677. The Hall–Kier alpha value is -1.79. The molecule has 7 heteroatoms. The lowest BCUT2D eigenvalue weighted by Crippen LogP contribution is -2.48. The van der Waals surface area contributed by atoms with Gasteiger partial charge < -0.3 is 20.7 Å². The molecule has 3 N–H and O–H groups in total. The predicted octanol–water partition coefficient (Wildman–Crippen LogP) is 1.11. The maximum Gasteiger partial charge on any atom is 0.251 e. The Balaban J connectivity index is 0.00000264. The summed E-state index contributed by atoms with van der Waals surface area (Å²) in [5.41, 5.74) is 0.570. The van der Waals surface area contributed by atoms with Gasteiger partial charge in [-0.15, -0.1) is 12.4 Å². The summed E-state index contributed by atoms with van der Waals surface area (Å²) in [5, 5.41) is 8.82. The number of carbonyl (C=O) groups excluding carboxylic acids is 2. The van der Waals surface area contributed by atoms with Gasteiger partial charge in [0.1, 0.15) is 5.75 Å². The number of ether oxygens (including phenoxy) is 1. The number of benzene rings is 1. The largest absolute Gasteiger partial charge is 0.497 e. The molecule has 1 atom stereocenters. The highest BCUT2D eigenvalue weighted by Crippen LogP contribution is 2.11. The first kappa shape index (κ1) is 19.3. The molecule has 2 rings (SSSR count). The zero-order valence-corrected chi connectivity index (χ0v) is 14.1. The second kappa shape index (κ2) is 10.1. The van der Waals surface area contributed by atoms with Crippen LogP contribution in [0.15, 0.2) is 24.3 Å². The molecule has 0 spiro atoms. The zero-order chi connectivity index (χ0) is 15.8. The third kappa shape index (κ3) is 6.08. The Bertz CT molecular complexity index is 502. The molecule has 0 bridgehead atoms. The molecule has 0 saturated carbocycles. The molecule has 1 aliphatic heterocycles. The van der Waals surface area contributed by atoms with Gasteiger partial charge in [0, 0.05) is 18.7 Å². The number of hydrogen-bond acceptors (Lipinski definition) is 4. The fourth-order valence-electron chi connectivity index (χ4n) is 2.40. The molecule has 0 radical (unpaired) electrons. The molecule has 1 unspecified atom stereocenters. The van der Waals surface area contributed by atoms with Crippen molar-refractivity contribution in [2.45, 2.75) is 25.3 Å². The lowest BCUT2D eigenvalue weighted by Gasteiger charge is -2.22. The van der Waals surface area contributed by atoms with E-state index in [1.165, 1.54) is 0 Å². The first-order chi connectivity index (χ1) is 10.7. The van der Waals surface area contributed by atoms with E-state index in [0.29, 0.717) is 24.4 Å². The number of carbonyl (C=O) groups is 2. The molecule has 1 aliphatic rings. The van der Waals surface area contributed by atoms with Gasteiger partial charge in [-0.3, -0.25) is 9.59 Å². The number of piperidine rings is 1. The summed E-state index contributed by atoms with van der Waals surface area (Å²) in [4.78, 5) is 23.8. The Morgan fingerprint density at radius 2 is 1.87 bits per heavy atom. The highest BCUT2D eigenvalue weighted by Gasteiger charge is 2.19. The molecule has 1 heterocycles. The zero-order valence-electron chi connectivity index (χ0n) is 13.3. The van der Waals surface area contributed by atoms with Crippen LogP contribution in [0.4, 0.5) is 0 Å². The van der Waals surface area contributed by atoms with Crippen molar-refractivity contribution in [3.63, 3.8) is 0 Å². The van der Waals surface area contributed by atoms with Crippen LogP contribution in [0.5, 0.6) is 5.75 Å². The Morgan fingerprint density at radius 3 is 2.48 bits per heavy atom. The molecule has 1 fully saturated rings. The van der Waals surface area contributed by atoms with Crippen molar-refractivity contribution in [2.24, 2.45) is 0 Å². The van der Waals surface area contributed by atoms with Gasteiger partial charge in [-0.05, 0) is 43.7 Å². The van der Waals surface area contributed by atoms with Gasteiger partial charge in [0.25, 0.3) is 5.91 Å². The minimum Gasteiger partial charge on any atom is -0.497 e. The number of amides is 2. The van der Waals surface area contributed by atoms with Gasteiger partial charge in [0.2, 0.25) is 5.91 Å². The van der Waals surface area contributed by atoms with Crippen LogP contribution in [-0.2, 0) is 4.79 Å². The molecule has 1 saturated heterocycles. The third-order valence-electron chi connectivity index (χ3n) is 3.69. The molecule has 6 nitrogen and oxygen atoms in total. The molecule has 1 aromatic carbocycles. The van der Waals surface area contributed by atoms with Crippen molar-refractivity contribution in [1.29, 1.82) is 0 Å². The van der Waals surface area contributed by atoms with Crippen LogP contribution in [0, 0.1) is 0 Å². The van der Waals surface area contributed by atoms with Crippen LogP contribution in [0.2, 0.25) is 0 Å². The summed E-state index contributed by atoms with van der Waals surface area (Å²) in [6.45, 7) is 1.73. The van der Waals surface area contributed by atoms with E-state index in [0.717, 1.165) is 25.8 Å². The first-order valence-electron chi connectivity index (χ1n) is 7.64. The van der Waals surface area contributed by atoms with Gasteiger partial charge in [-0.2, -0.15) is 0 Å². The minimum atomic E-state index is -0.160. The molecule has 2 amide bonds. The summed E-state index contributed by atoms with van der Waals surface area (Å²) in [6, 6.07) is 6.81. The van der Waals surface area contributed by atoms with Gasteiger partial charge >= 0.3 is 0 Å². The first-order valence-corrected chi connectivity index (χ1v) is 7.64. The van der Waals surface area contributed by atoms with E-state index < -0.39 is 0 Å². The SMILES string of the molecule is COc1ccc(C(=O)NCCNC(=O)C2CCCCN2)cc1.Cl. The standard InChI is InChI=1S/C16H23N3O3.ClH/c1-22-13-7-5-12(6-8-13)15(20)18-10-11-19-16(21)14-4-2-3-9-17-14;/h5-8,14,17H,2-4,9-11H2,1H3,(H,18,20)(H,19,21);1H. The molecular formula is C16H24ClN3O3. The molecule has 0 aliphatic carbocycles. The minimum absolute atomic E-state index is 0. The van der Waals surface area contributed by atoms with Crippen molar-refractivity contribution in [3.05, 3.63) is 29.8 Å². The number of nitrogens with one attached hydrogen (secondary N) is 3. The Morgan fingerprint density at radius 1 is 1.17 bits per heavy atom.